The van der Waals surface area contributed by atoms with E-state index in [9.17, 15) is 26.4 Å². The second-order valence-electron chi connectivity index (χ2n) is 6.64. The lowest BCUT2D eigenvalue weighted by Crippen LogP contribution is -2.42. The number of carboxylic acids is 2. The third kappa shape index (κ3) is 12.4. The van der Waals surface area contributed by atoms with Gasteiger partial charge in [0.25, 0.3) is 0 Å². The highest BCUT2D eigenvalue weighted by molar-refractivity contribution is 8.13. The number of nitrogens with one attached hydrogen (secondary N) is 1. The topological polar surface area (TPSA) is 158 Å². The summed E-state index contributed by atoms with van der Waals surface area (Å²) in [4.78, 5) is 21.0. The summed E-state index contributed by atoms with van der Waals surface area (Å²) in [6, 6.07) is 0. The van der Waals surface area contributed by atoms with Crippen molar-refractivity contribution in [2.45, 2.75) is 39.5 Å². The number of halogens is 1. The van der Waals surface area contributed by atoms with E-state index in [2.05, 4.69) is 16.0 Å². The molecule has 10 nitrogen and oxygen atoms in total. The van der Waals surface area contributed by atoms with Crippen molar-refractivity contribution in [3.05, 3.63) is 0 Å². The van der Waals surface area contributed by atoms with E-state index in [1.165, 1.54) is 11.2 Å². The summed E-state index contributed by atoms with van der Waals surface area (Å²) in [7, 11) is -1.72. The molecule has 3 N–H and O–H groups in total. The number of aliphatic carboxylic acids is 2. The normalized spacial score (nSPS) is 23.0. The van der Waals surface area contributed by atoms with Crippen LogP contribution >= 0.6 is 10.7 Å². The highest BCUT2D eigenvalue weighted by Gasteiger charge is 2.31. The average molecular weight is 479 g/mol. The maximum atomic E-state index is 11.5. The maximum absolute atomic E-state index is 11.5. The van der Waals surface area contributed by atoms with E-state index >= 15 is 0 Å². The van der Waals surface area contributed by atoms with Crippen LogP contribution in [0.5, 0.6) is 0 Å². The van der Waals surface area contributed by atoms with Gasteiger partial charge >= 0.3 is 11.9 Å². The first kappa shape index (κ1) is 28.1. The molecule has 0 amide bonds. The fourth-order valence-electron chi connectivity index (χ4n) is 2.64. The van der Waals surface area contributed by atoms with Gasteiger partial charge in [0, 0.05) is 30.3 Å². The first-order valence-corrected chi connectivity index (χ1v) is 13.5. The van der Waals surface area contributed by atoms with Crippen LogP contribution < -0.4 is 5.32 Å². The molecule has 13 heteroatoms. The van der Waals surface area contributed by atoms with Gasteiger partial charge in [-0.1, -0.05) is 6.92 Å². The molecule has 0 aromatic heterocycles. The first-order chi connectivity index (χ1) is 13.3. The third-order valence-corrected chi connectivity index (χ3v) is 7.67. The van der Waals surface area contributed by atoms with E-state index in [-0.39, 0.29) is 24.0 Å². The van der Waals surface area contributed by atoms with Crippen molar-refractivity contribution in [3.8, 4) is 0 Å². The second kappa shape index (κ2) is 13.4. The molecule has 2 atom stereocenters. The Morgan fingerprint density at radius 1 is 1.00 bits per heavy atom. The summed E-state index contributed by atoms with van der Waals surface area (Å²) in [5.41, 5.74) is 0. The SMILES string of the molecule is CCS(=O)(=O)Cl.CCS(=O)(=O)N1CCC[C@H](C(=O)O)C1.O=C(O)[C@H]1CCCNC1. The Labute approximate surface area is 177 Å². The minimum Gasteiger partial charge on any atom is -0.481 e. The van der Waals surface area contributed by atoms with Crippen LogP contribution in [-0.2, 0) is 28.7 Å². The van der Waals surface area contributed by atoms with Gasteiger partial charge in [-0.25, -0.2) is 21.1 Å². The molecule has 0 aromatic carbocycles. The Kier molecular flexibility index (Phi) is 12.9. The molecule has 2 saturated heterocycles. The fraction of sp³-hybridized carbons (Fsp3) is 0.875. The summed E-state index contributed by atoms with van der Waals surface area (Å²) < 4.78 is 43.7. The van der Waals surface area contributed by atoms with Crippen molar-refractivity contribution in [2.75, 3.05) is 37.7 Å². The Balaban J connectivity index is 0.000000448. The van der Waals surface area contributed by atoms with E-state index in [0.717, 1.165) is 19.4 Å². The fourth-order valence-corrected chi connectivity index (χ4v) is 3.82. The van der Waals surface area contributed by atoms with E-state index in [0.29, 0.717) is 25.9 Å². The number of nitrogens with zero attached hydrogens (tertiary/aromatic N) is 1. The molecule has 2 aliphatic heterocycles. The van der Waals surface area contributed by atoms with E-state index in [4.69, 9.17) is 10.2 Å². The van der Waals surface area contributed by atoms with Gasteiger partial charge in [-0.15, -0.1) is 0 Å². The Morgan fingerprint density at radius 2 is 1.52 bits per heavy atom. The second-order valence-corrected chi connectivity index (χ2v) is 12.0. The molecule has 0 bridgehead atoms. The Hall–Kier alpha value is -0.950. The molecule has 2 fully saturated rings. The van der Waals surface area contributed by atoms with Gasteiger partial charge < -0.3 is 15.5 Å². The van der Waals surface area contributed by atoms with Gasteiger partial charge in [0.1, 0.15) is 0 Å². The van der Waals surface area contributed by atoms with E-state index in [1.807, 2.05) is 0 Å². The van der Waals surface area contributed by atoms with Crippen molar-refractivity contribution >= 4 is 41.7 Å². The number of hydrogen-bond acceptors (Lipinski definition) is 7. The quantitative estimate of drug-likeness (QED) is 0.485. The maximum Gasteiger partial charge on any atom is 0.307 e. The van der Waals surface area contributed by atoms with Gasteiger partial charge in [-0.2, -0.15) is 0 Å². The third-order valence-electron chi connectivity index (χ3n) is 4.48. The molecule has 2 aliphatic rings. The van der Waals surface area contributed by atoms with Crippen LogP contribution in [0.2, 0.25) is 0 Å². The first-order valence-electron chi connectivity index (χ1n) is 9.40. The smallest absolute Gasteiger partial charge is 0.307 e. The lowest BCUT2D eigenvalue weighted by Gasteiger charge is -2.29. The summed E-state index contributed by atoms with van der Waals surface area (Å²) in [6.07, 6.45) is 3.04. The van der Waals surface area contributed by atoms with Crippen LogP contribution in [0.1, 0.15) is 39.5 Å². The highest BCUT2D eigenvalue weighted by atomic mass is 35.7. The molecule has 2 heterocycles. The number of carboxylic acid groups (broad SMARTS) is 2. The zero-order valence-electron chi connectivity index (χ0n) is 16.7. The Morgan fingerprint density at radius 3 is 1.86 bits per heavy atom. The van der Waals surface area contributed by atoms with Gasteiger partial charge in [0.05, 0.1) is 23.3 Å². The van der Waals surface area contributed by atoms with Crippen LogP contribution in [0, 0.1) is 11.8 Å². The lowest BCUT2D eigenvalue weighted by molar-refractivity contribution is -0.143. The van der Waals surface area contributed by atoms with Crippen molar-refractivity contribution < 1.29 is 36.6 Å². The highest BCUT2D eigenvalue weighted by Crippen LogP contribution is 2.19. The number of sulfonamides is 1. The predicted octanol–water partition coefficient (Wildman–Crippen LogP) is 0.778. The van der Waals surface area contributed by atoms with Gasteiger partial charge in [-0.05, 0) is 39.2 Å². The monoisotopic (exact) mass is 478 g/mol. The van der Waals surface area contributed by atoms with E-state index in [1.54, 1.807) is 6.92 Å². The molecule has 29 heavy (non-hydrogen) atoms. The standard InChI is InChI=1S/C8H15NO4S.C6H11NO2.C2H5ClO2S/c1-2-14(12,13)9-5-3-4-7(6-9)8(10)11;8-6(9)5-2-1-3-7-4-5;1-2-6(3,4)5/h7H,2-6H2,1H3,(H,10,11);5,7H,1-4H2,(H,8,9);2H2,1H3/t7-;5-;/m00./s1. The summed E-state index contributed by atoms with van der Waals surface area (Å²) in [5, 5.41) is 20.3. The number of rotatable bonds is 5. The minimum absolute atomic E-state index is 0.00849. The number of hydrogen-bond donors (Lipinski definition) is 3. The van der Waals surface area contributed by atoms with Gasteiger partial charge in [0.15, 0.2) is 0 Å². The zero-order chi connectivity index (χ0) is 22.7. The van der Waals surface area contributed by atoms with Crippen LogP contribution in [0.3, 0.4) is 0 Å². The zero-order valence-corrected chi connectivity index (χ0v) is 19.1. The molecule has 172 valence electrons. The molecule has 0 radical (unpaired) electrons. The lowest BCUT2D eigenvalue weighted by atomic mass is 10.0. The van der Waals surface area contributed by atoms with Crippen molar-refractivity contribution in [1.29, 1.82) is 0 Å². The van der Waals surface area contributed by atoms with Crippen LogP contribution in [0.4, 0.5) is 0 Å². The molecular formula is C16H31ClN2O8S2. The average Bonchev–Trinajstić information content (AvgIpc) is 2.69. The largest absolute Gasteiger partial charge is 0.481 e. The molecule has 0 aliphatic carbocycles. The summed E-state index contributed by atoms with van der Waals surface area (Å²) in [6.45, 7) is 5.27. The molecule has 2 rings (SSSR count). The van der Waals surface area contributed by atoms with Gasteiger partial charge in [0.2, 0.25) is 19.1 Å². The molecular weight excluding hydrogens is 448 g/mol. The van der Waals surface area contributed by atoms with Gasteiger partial charge in [-0.3, -0.25) is 9.59 Å². The van der Waals surface area contributed by atoms with Crippen LogP contribution in [0.25, 0.3) is 0 Å². The molecule has 0 saturated carbocycles. The molecule has 0 unspecified atom stereocenters. The minimum atomic E-state index is -3.22. The van der Waals surface area contributed by atoms with Crippen molar-refractivity contribution in [2.24, 2.45) is 11.8 Å². The van der Waals surface area contributed by atoms with Crippen LogP contribution in [0.15, 0.2) is 0 Å². The number of piperidine rings is 2. The van der Waals surface area contributed by atoms with Crippen molar-refractivity contribution in [3.63, 3.8) is 0 Å². The van der Waals surface area contributed by atoms with E-state index < -0.39 is 36.9 Å². The summed E-state index contributed by atoms with van der Waals surface area (Å²) >= 11 is 0. The van der Waals surface area contributed by atoms with Crippen molar-refractivity contribution in [1.82, 2.24) is 9.62 Å². The Bertz CT molecular complexity index is 721. The summed E-state index contributed by atoms with van der Waals surface area (Å²) in [5.74, 6) is -2.19. The van der Waals surface area contributed by atoms with Crippen LogP contribution in [-0.4, -0.2) is 81.0 Å². The molecule has 0 aromatic rings. The number of carbonyl (C=O) groups is 2. The predicted molar refractivity (Wildman–Crippen MR) is 110 cm³/mol. The molecule has 0 spiro atoms.